The molecular weight excluding hydrogens is 394 g/mol. The Kier molecular flexibility index (Phi) is 5.18. The van der Waals surface area contributed by atoms with Gasteiger partial charge in [-0.05, 0) is 56.5 Å². The Labute approximate surface area is 181 Å². The zero-order chi connectivity index (χ0) is 21.4. The maximum atomic E-state index is 13.1. The highest BCUT2D eigenvalue weighted by molar-refractivity contribution is 6.08. The van der Waals surface area contributed by atoms with Crippen molar-refractivity contribution in [2.75, 3.05) is 36.5 Å². The predicted molar refractivity (Wildman–Crippen MR) is 118 cm³/mol. The van der Waals surface area contributed by atoms with E-state index in [1.54, 1.807) is 30.3 Å². The van der Waals surface area contributed by atoms with Crippen LogP contribution in [0.15, 0.2) is 36.4 Å². The maximum absolute atomic E-state index is 13.1. The number of amides is 2. The molecule has 31 heavy (non-hydrogen) atoms. The summed E-state index contributed by atoms with van der Waals surface area (Å²) in [6.45, 7) is 4.71. The molecule has 1 fully saturated rings. The van der Waals surface area contributed by atoms with Crippen LogP contribution in [0.2, 0.25) is 0 Å². The van der Waals surface area contributed by atoms with Crippen molar-refractivity contribution >= 4 is 23.2 Å². The monoisotopic (exact) mass is 421 g/mol. The van der Waals surface area contributed by atoms with E-state index >= 15 is 0 Å². The number of nitrogens with one attached hydrogen (secondary N) is 1. The van der Waals surface area contributed by atoms with Crippen LogP contribution in [-0.4, -0.2) is 49.2 Å². The van der Waals surface area contributed by atoms with Crippen LogP contribution in [0, 0.1) is 0 Å². The molecule has 0 bridgehead atoms. The molecule has 0 spiro atoms. The zero-order valence-corrected chi connectivity index (χ0v) is 17.7. The fourth-order valence-corrected chi connectivity index (χ4v) is 4.76. The molecule has 3 aliphatic heterocycles. The molecule has 7 heteroatoms. The van der Waals surface area contributed by atoms with Crippen LogP contribution in [0.5, 0.6) is 11.5 Å². The molecule has 2 aromatic rings. The Morgan fingerprint density at radius 2 is 1.90 bits per heavy atom. The van der Waals surface area contributed by atoms with Gasteiger partial charge in [-0.1, -0.05) is 6.42 Å². The Bertz CT molecular complexity index is 1020. The number of anilines is 2. The Hall–Kier alpha value is -3.22. The number of nitrogens with zero attached hydrogens (tertiary/aromatic N) is 2. The lowest BCUT2D eigenvalue weighted by Gasteiger charge is -2.44. The van der Waals surface area contributed by atoms with Crippen LogP contribution in [0.3, 0.4) is 0 Å². The fourth-order valence-electron chi connectivity index (χ4n) is 4.76. The van der Waals surface area contributed by atoms with Crippen molar-refractivity contribution in [2.45, 2.75) is 38.8 Å². The minimum Gasteiger partial charge on any atom is -0.486 e. The lowest BCUT2D eigenvalue weighted by Crippen LogP contribution is -2.55. The van der Waals surface area contributed by atoms with Crippen molar-refractivity contribution in [3.8, 4) is 11.5 Å². The highest BCUT2D eigenvalue weighted by Crippen LogP contribution is 2.36. The molecule has 5 rings (SSSR count). The van der Waals surface area contributed by atoms with Gasteiger partial charge in [0.1, 0.15) is 19.4 Å². The van der Waals surface area contributed by atoms with Crippen LogP contribution in [0.25, 0.3) is 0 Å². The van der Waals surface area contributed by atoms with Crippen molar-refractivity contribution in [3.05, 3.63) is 47.5 Å². The van der Waals surface area contributed by atoms with Crippen molar-refractivity contribution < 1.29 is 19.1 Å². The van der Waals surface area contributed by atoms with Crippen molar-refractivity contribution in [2.24, 2.45) is 0 Å². The summed E-state index contributed by atoms with van der Waals surface area (Å²) in [5.74, 6) is 1.17. The Morgan fingerprint density at radius 3 is 2.74 bits per heavy atom. The third-order valence-corrected chi connectivity index (χ3v) is 6.28. The molecular formula is C24H27N3O4. The molecule has 3 heterocycles. The molecule has 1 saturated heterocycles. The molecule has 2 aromatic carbocycles. The normalized spacial score (nSPS) is 19.9. The largest absolute Gasteiger partial charge is 0.486 e. The van der Waals surface area contributed by atoms with E-state index in [4.69, 9.17) is 9.47 Å². The summed E-state index contributed by atoms with van der Waals surface area (Å²) in [5, 5.41) is 2.94. The smallest absolute Gasteiger partial charge is 0.257 e. The molecule has 0 radical (unpaired) electrons. The summed E-state index contributed by atoms with van der Waals surface area (Å²) in [6.07, 6.45) is 4.35. The van der Waals surface area contributed by atoms with Crippen molar-refractivity contribution in [1.82, 2.24) is 4.90 Å². The minimum absolute atomic E-state index is 0.0728. The predicted octanol–water partition coefficient (Wildman–Crippen LogP) is 3.89. The summed E-state index contributed by atoms with van der Waals surface area (Å²) in [5.41, 5.74) is 2.70. The van der Waals surface area contributed by atoms with Gasteiger partial charge in [0, 0.05) is 30.4 Å². The van der Waals surface area contributed by atoms with Gasteiger partial charge in [0.2, 0.25) is 0 Å². The highest BCUT2D eigenvalue weighted by atomic mass is 16.6. The molecule has 3 aliphatic rings. The molecule has 0 aliphatic carbocycles. The first kappa shape index (κ1) is 19.7. The molecule has 0 saturated carbocycles. The zero-order valence-electron chi connectivity index (χ0n) is 17.7. The van der Waals surface area contributed by atoms with E-state index < -0.39 is 0 Å². The molecule has 0 aromatic heterocycles. The standard InChI is InChI=1S/C24H27N3O4/c1-2-26-19-14-16(7-9-18(19)24(29)27-11-5-3-4-6-22(26)27)23(28)25-17-8-10-20-21(15-17)31-13-12-30-20/h7-10,14-15,22H,2-6,11-13H2,1H3,(H,25,28)/t22-/m1/s1. The summed E-state index contributed by atoms with van der Waals surface area (Å²) in [7, 11) is 0. The van der Waals surface area contributed by atoms with Gasteiger partial charge in [0.15, 0.2) is 11.5 Å². The van der Waals surface area contributed by atoms with E-state index in [1.165, 1.54) is 0 Å². The Balaban J connectivity index is 1.42. The lowest BCUT2D eigenvalue weighted by atomic mass is 10.0. The number of carbonyl (C=O) groups is 2. The highest BCUT2D eigenvalue weighted by Gasteiger charge is 2.37. The van der Waals surface area contributed by atoms with Gasteiger partial charge in [-0.15, -0.1) is 0 Å². The van der Waals surface area contributed by atoms with Gasteiger partial charge in [0.25, 0.3) is 11.8 Å². The first-order chi connectivity index (χ1) is 15.2. The number of ether oxygens (including phenoxy) is 2. The first-order valence-electron chi connectivity index (χ1n) is 11.1. The first-order valence-corrected chi connectivity index (χ1v) is 11.1. The Morgan fingerprint density at radius 1 is 1.06 bits per heavy atom. The molecule has 2 amide bonds. The second-order valence-corrected chi connectivity index (χ2v) is 8.16. The lowest BCUT2D eigenvalue weighted by molar-refractivity contribution is 0.0656. The van der Waals surface area contributed by atoms with E-state index in [9.17, 15) is 9.59 Å². The van der Waals surface area contributed by atoms with Crippen LogP contribution in [0.4, 0.5) is 11.4 Å². The average Bonchev–Trinajstić information content (AvgIpc) is 3.05. The molecule has 162 valence electrons. The number of fused-ring (bicyclic) bond motifs is 3. The topological polar surface area (TPSA) is 71.1 Å². The molecule has 1 atom stereocenters. The third-order valence-electron chi connectivity index (χ3n) is 6.28. The molecule has 0 unspecified atom stereocenters. The van der Waals surface area contributed by atoms with E-state index in [1.807, 2.05) is 11.0 Å². The van der Waals surface area contributed by atoms with Gasteiger partial charge in [-0.25, -0.2) is 0 Å². The average molecular weight is 421 g/mol. The van der Waals surface area contributed by atoms with E-state index in [-0.39, 0.29) is 18.0 Å². The number of hydrogen-bond donors (Lipinski definition) is 1. The van der Waals surface area contributed by atoms with Crippen molar-refractivity contribution in [3.63, 3.8) is 0 Å². The van der Waals surface area contributed by atoms with Gasteiger partial charge >= 0.3 is 0 Å². The van der Waals surface area contributed by atoms with Crippen molar-refractivity contribution in [1.29, 1.82) is 0 Å². The fraction of sp³-hybridized carbons (Fsp3) is 0.417. The van der Waals surface area contributed by atoms with Gasteiger partial charge < -0.3 is 24.6 Å². The second-order valence-electron chi connectivity index (χ2n) is 8.16. The quantitative estimate of drug-likeness (QED) is 0.814. The van der Waals surface area contributed by atoms with E-state index in [2.05, 4.69) is 17.1 Å². The maximum Gasteiger partial charge on any atom is 0.257 e. The molecule has 1 N–H and O–H groups in total. The minimum atomic E-state index is -0.216. The van der Waals surface area contributed by atoms with E-state index in [0.717, 1.165) is 44.5 Å². The summed E-state index contributed by atoms with van der Waals surface area (Å²) < 4.78 is 11.1. The molecule has 7 nitrogen and oxygen atoms in total. The number of carbonyl (C=O) groups excluding carboxylic acids is 2. The number of rotatable bonds is 3. The third kappa shape index (κ3) is 3.58. The number of benzene rings is 2. The SMILES string of the molecule is CCN1c2cc(C(=O)Nc3ccc4c(c3)OCCO4)ccc2C(=O)N2CCCCC[C@@H]21. The van der Waals surface area contributed by atoms with E-state index in [0.29, 0.717) is 41.5 Å². The van der Waals surface area contributed by atoms with Crippen LogP contribution in [-0.2, 0) is 0 Å². The van der Waals surface area contributed by atoms with Crippen LogP contribution in [0.1, 0.15) is 53.3 Å². The van der Waals surface area contributed by atoms with Crippen LogP contribution >= 0.6 is 0 Å². The summed E-state index contributed by atoms with van der Waals surface area (Å²) >= 11 is 0. The van der Waals surface area contributed by atoms with Gasteiger partial charge in [0.05, 0.1) is 11.3 Å². The summed E-state index contributed by atoms with van der Waals surface area (Å²) in [6, 6.07) is 10.8. The number of hydrogen-bond acceptors (Lipinski definition) is 5. The second kappa shape index (κ2) is 8.13. The van der Waals surface area contributed by atoms with Gasteiger partial charge in [-0.3, -0.25) is 9.59 Å². The van der Waals surface area contributed by atoms with Crippen LogP contribution < -0.4 is 19.7 Å². The van der Waals surface area contributed by atoms with Gasteiger partial charge in [-0.2, -0.15) is 0 Å². The summed E-state index contributed by atoms with van der Waals surface area (Å²) in [4.78, 5) is 30.4.